The fraction of sp³-hybridized carbons (Fsp3) is 0.684. The van der Waals surface area contributed by atoms with E-state index in [4.69, 9.17) is 4.55 Å². The Bertz CT molecular complexity index is 838. The highest BCUT2D eigenvalue weighted by Crippen LogP contribution is 2.61. The van der Waals surface area contributed by atoms with Crippen LogP contribution in [-0.2, 0) is 21.8 Å². The van der Waals surface area contributed by atoms with Gasteiger partial charge in [0.15, 0.2) is 0 Å². The Kier molecular flexibility index (Phi) is 4.03. The second-order valence-electron chi connectivity index (χ2n) is 8.46. The molecular formula is C19H24F2O4S. The Morgan fingerprint density at radius 2 is 1.92 bits per heavy atom. The smallest absolute Gasteiger partial charge is 0.393 e. The normalized spacial score (nSPS) is 37.0. The van der Waals surface area contributed by atoms with Crippen molar-refractivity contribution in [2.45, 2.75) is 62.7 Å². The van der Waals surface area contributed by atoms with E-state index in [2.05, 4.69) is 6.92 Å². The van der Waals surface area contributed by atoms with Gasteiger partial charge in [0.1, 0.15) is 0 Å². The third-order valence-corrected chi connectivity index (χ3v) is 8.22. The zero-order chi connectivity index (χ0) is 18.9. The second-order valence-corrected chi connectivity index (χ2v) is 9.92. The quantitative estimate of drug-likeness (QED) is 0.758. The average Bonchev–Trinajstić information content (AvgIpc) is 2.88. The summed E-state index contributed by atoms with van der Waals surface area (Å²) < 4.78 is 58.8. The zero-order valence-electron chi connectivity index (χ0n) is 14.7. The highest BCUT2D eigenvalue weighted by atomic mass is 32.2. The van der Waals surface area contributed by atoms with Gasteiger partial charge in [0.2, 0.25) is 0 Å². The van der Waals surface area contributed by atoms with Crippen molar-refractivity contribution >= 4 is 10.1 Å². The molecule has 0 bridgehead atoms. The number of alkyl halides is 2. The first kappa shape index (κ1) is 18.3. The summed E-state index contributed by atoms with van der Waals surface area (Å²) >= 11 is 0. The predicted molar refractivity (Wildman–Crippen MR) is 92.5 cm³/mol. The Balaban J connectivity index is 1.68. The van der Waals surface area contributed by atoms with Crippen LogP contribution in [0.5, 0.6) is 0 Å². The monoisotopic (exact) mass is 386 g/mol. The third kappa shape index (κ3) is 2.47. The summed E-state index contributed by atoms with van der Waals surface area (Å²) in [6.07, 6.45) is 4.90. The summed E-state index contributed by atoms with van der Waals surface area (Å²) in [4.78, 5) is 0. The molecule has 4 rings (SSSR count). The van der Waals surface area contributed by atoms with Gasteiger partial charge in [0.05, 0.1) is 6.10 Å². The molecule has 2 N–H and O–H groups in total. The summed E-state index contributed by atoms with van der Waals surface area (Å²) in [7, 11) is -5.49. The molecule has 0 aliphatic heterocycles. The van der Waals surface area contributed by atoms with Crippen molar-refractivity contribution in [2.24, 2.45) is 17.3 Å². The molecule has 4 nitrogen and oxygen atoms in total. The highest BCUT2D eigenvalue weighted by molar-refractivity contribution is 7.86. The molecule has 26 heavy (non-hydrogen) atoms. The van der Waals surface area contributed by atoms with Gasteiger partial charge in [0.25, 0.3) is 0 Å². The van der Waals surface area contributed by atoms with Crippen LogP contribution in [0.3, 0.4) is 0 Å². The minimum atomic E-state index is -5.49. The molecule has 0 amide bonds. The van der Waals surface area contributed by atoms with E-state index in [1.807, 2.05) is 0 Å². The number of hydrogen-bond donors (Lipinski definition) is 2. The lowest BCUT2D eigenvalue weighted by Gasteiger charge is -2.50. The molecule has 3 aliphatic carbocycles. The molecule has 7 heteroatoms. The van der Waals surface area contributed by atoms with Crippen molar-refractivity contribution in [3.8, 4) is 0 Å². The summed E-state index contributed by atoms with van der Waals surface area (Å²) in [6, 6.07) is 4.00. The number of halogens is 2. The molecular weight excluding hydrogens is 362 g/mol. The van der Waals surface area contributed by atoms with Crippen molar-refractivity contribution in [3.63, 3.8) is 0 Å². The highest BCUT2D eigenvalue weighted by Gasteiger charge is 2.54. The van der Waals surface area contributed by atoms with E-state index in [-0.39, 0.29) is 17.4 Å². The van der Waals surface area contributed by atoms with E-state index in [1.165, 1.54) is 6.07 Å². The lowest BCUT2D eigenvalue weighted by molar-refractivity contribution is -0.0226. The van der Waals surface area contributed by atoms with E-state index in [1.54, 1.807) is 6.07 Å². The molecule has 0 heterocycles. The largest absolute Gasteiger partial charge is 0.395 e. The molecule has 0 radical (unpaired) electrons. The van der Waals surface area contributed by atoms with Gasteiger partial charge in [-0.05, 0) is 78.9 Å². The molecule has 3 aliphatic rings. The standard InChI is InChI=1S/C19H24F2O4S/c1-18-9-8-14-13-5-3-12(19(20,21)26(23,24)25)10-11(13)2-4-15(14)16(18)6-7-17(18)22/h3,5,10,14-17,22H,2,4,6-9H2,1H3,(H,23,24,25)/t14?,15?,16?,17-,18-/m0/s1. The number of fused-ring (bicyclic) bond motifs is 5. The summed E-state index contributed by atoms with van der Waals surface area (Å²) in [5.74, 6) is 1.16. The van der Waals surface area contributed by atoms with Crippen molar-refractivity contribution in [1.29, 1.82) is 0 Å². The van der Waals surface area contributed by atoms with Crippen LogP contribution in [0.4, 0.5) is 8.78 Å². The molecule has 2 fully saturated rings. The first-order chi connectivity index (χ1) is 12.1. The molecule has 2 saturated carbocycles. The zero-order valence-corrected chi connectivity index (χ0v) is 15.5. The topological polar surface area (TPSA) is 74.6 Å². The van der Waals surface area contributed by atoms with E-state index < -0.39 is 20.9 Å². The van der Waals surface area contributed by atoms with Gasteiger partial charge in [-0.1, -0.05) is 19.1 Å². The maximum absolute atomic E-state index is 14.0. The molecule has 3 unspecified atom stereocenters. The number of hydrogen-bond acceptors (Lipinski definition) is 3. The minimum Gasteiger partial charge on any atom is -0.393 e. The Labute approximate surface area is 152 Å². The van der Waals surface area contributed by atoms with Crippen LogP contribution in [-0.4, -0.2) is 24.2 Å². The van der Waals surface area contributed by atoms with Crippen LogP contribution < -0.4 is 0 Å². The van der Waals surface area contributed by atoms with Crippen LogP contribution in [0.25, 0.3) is 0 Å². The Hall–Kier alpha value is -1.05. The molecule has 144 valence electrons. The first-order valence-corrected chi connectivity index (χ1v) is 10.7. The van der Waals surface area contributed by atoms with Crippen LogP contribution in [0.2, 0.25) is 0 Å². The van der Waals surface area contributed by atoms with Gasteiger partial charge in [-0.3, -0.25) is 4.55 Å². The maximum Gasteiger partial charge on any atom is 0.395 e. The number of rotatable bonds is 2. The molecule has 0 spiro atoms. The Morgan fingerprint density at radius 1 is 1.19 bits per heavy atom. The van der Waals surface area contributed by atoms with Gasteiger partial charge >= 0.3 is 15.4 Å². The van der Waals surface area contributed by atoms with E-state index in [0.717, 1.165) is 49.3 Å². The number of aryl methyl sites for hydroxylation is 1. The number of aliphatic hydroxyl groups excluding tert-OH is 1. The third-order valence-electron chi connectivity index (χ3n) is 7.34. The summed E-state index contributed by atoms with van der Waals surface area (Å²) in [5, 5.41) is 6.12. The second kappa shape index (κ2) is 5.72. The minimum absolute atomic E-state index is 0.0450. The first-order valence-electron chi connectivity index (χ1n) is 9.22. The fourth-order valence-electron chi connectivity index (χ4n) is 5.88. The van der Waals surface area contributed by atoms with Crippen molar-refractivity contribution in [2.75, 3.05) is 0 Å². The Morgan fingerprint density at radius 3 is 2.62 bits per heavy atom. The average molecular weight is 386 g/mol. The molecule has 0 aromatic heterocycles. The van der Waals surface area contributed by atoms with E-state index >= 15 is 0 Å². The van der Waals surface area contributed by atoms with Crippen LogP contribution in [0.1, 0.15) is 61.6 Å². The maximum atomic E-state index is 14.0. The van der Waals surface area contributed by atoms with Gasteiger partial charge in [0, 0.05) is 5.56 Å². The lowest BCUT2D eigenvalue weighted by Crippen LogP contribution is -2.44. The van der Waals surface area contributed by atoms with Crippen molar-refractivity contribution in [3.05, 3.63) is 34.9 Å². The van der Waals surface area contributed by atoms with Gasteiger partial charge in [-0.15, -0.1) is 0 Å². The predicted octanol–water partition coefficient (Wildman–Crippen LogP) is 3.84. The number of benzene rings is 1. The lowest BCUT2D eigenvalue weighted by atomic mass is 9.55. The van der Waals surface area contributed by atoms with E-state index in [9.17, 15) is 22.3 Å². The van der Waals surface area contributed by atoms with Gasteiger partial charge in [-0.2, -0.15) is 17.2 Å². The molecule has 0 saturated heterocycles. The van der Waals surface area contributed by atoms with Crippen LogP contribution in [0, 0.1) is 17.3 Å². The SMILES string of the molecule is C[C@]12CCC3c4ccc(C(F)(F)S(=O)(=O)O)cc4CCC3C1CC[C@@H]2O. The molecule has 5 atom stereocenters. The number of aliphatic hydroxyl groups is 1. The van der Waals surface area contributed by atoms with Gasteiger partial charge < -0.3 is 5.11 Å². The fourth-order valence-corrected chi connectivity index (χ4v) is 6.31. The van der Waals surface area contributed by atoms with Crippen molar-refractivity contribution < 1.29 is 26.9 Å². The molecule has 1 aromatic rings. The van der Waals surface area contributed by atoms with Crippen LogP contribution >= 0.6 is 0 Å². The van der Waals surface area contributed by atoms with Crippen LogP contribution in [0.15, 0.2) is 18.2 Å². The summed E-state index contributed by atoms with van der Waals surface area (Å²) in [6.45, 7) is 2.18. The molecule has 1 aromatic carbocycles. The van der Waals surface area contributed by atoms with E-state index in [0.29, 0.717) is 18.3 Å². The van der Waals surface area contributed by atoms with Crippen molar-refractivity contribution in [1.82, 2.24) is 0 Å². The van der Waals surface area contributed by atoms with Gasteiger partial charge in [-0.25, -0.2) is 0 Å². The summed E-state index contributed by atoms with van der Waals surface area (Å²) in [5.41, 5.74) is 1.07.